The van der Waals surface area contributed by atoms with Gasteiger partial charge in [0.05, 0.1) is 19.4 Å². The molecule has 5 heteroatoms. The number of hydrogen-bond donors (Lipinski definition) is 1. The van der Waals surface area contributed by atoms with Crippen LogP contribution in [-0.2, 0) is 13.6 Å². The molecule has 2 N–H and O–H groups in total. The number of aromatic nitrogens is 2. The first-order valence-electron chi connectivity index (χ1n) is 5.07. The first-order valence-corrected chi connectivity index (χ1v) is 5.07. The Morgan fingerprint density at radius 2 is 2.00 bits per heavy atom. The van der Waals surface area contributed by atoms with Gasteiger partial charge < -0.3 is 12.4 Å². The number of nitrogens with zero attached hydrogens (tertiary/aromatic N) is 2. The van der Waals surface area contributed by atoms with Gasteiger partial charge in [-0.3, -0.25) is 10.5 Å². The van der Waals surface area contributed by atoms with Gasteiger partial charge in [0, 0.05) is 5.56 Å². The van der Waals surface area contributed by atoms with Crippen LogP contribution >= 0.6 is 0 Å². The molecule has 0 radical (unpaired) electrons. The Morgan fingerprint density at radius 3 is 2.53 bits per heavy atom. The molecule has 0 unspecified atom stereocenters. The van der Waals surface area contributed by atoms with Gasteiger partial charge in [-0.15, -0.1) is 0 Å². The summed E-state index contributed by atoms with van der Waals surface area (Å²) in [6.07, 6.45) is 3.63. The zero-order valence-corrected chi connectivity index (χ0v) is 10.3. The standard InChI is InChI=1S/C12H13N3O.ClH/c1-14-7-8-15(12(14)13)9-11(16)10-5-3-2-4-6-10;/h2-8,13H,9H2,1H3;1H. The van der Waals surface area contributed by atoms with Crippen molar-refractivity contribution in [3.8, 4) is 0 Å². The summed E-state index contributed by atoms with van der Waals surface area (Å²) in [4.78, 5) is 11.9. The molecule has 4 nitrogen and oxygen atoms in total. The lowest BCUT2D eigenvalue weighted by atomic mass is 10.1. The summed E-state index contributed by atoms with van der Waals surface area (Å²) in [5.74, 6) is 0.632. The predicted molar refractivity (Wildman–Crippen MR) is 60.8 cm³/mol. The molecular formula is C12H14ClN3O. The predicted octanol–water partition coefficient (Wildman–Crippen LogP) is -2.22. The lowest BCUT2D eigenvalue weighted by molar-refractivity contribution is -0.656. The van der Waals surface area contributed by atoms with Crippen molar-refractivity contribution in [1.82, 2.24) is 4.57 Å². The van der Waals surface area contributed by atoms with Gasteiger partial charge in [0.15, 0.2) is 5.78 Å². The Labute approximate surface area is 106 Å². The summed E-state index contributed by atoms with van der Waals surface area (Å²) >= 11 is 0. The van der Waals surface area contributed by atoms with Crippen molar-refractivity contribution in [2.24, 2.45) is 7.05 Å². The molecular weight excluding hydrogens is 238 g/mol. The summed E-state index contributed by atoms with van der Waals surface area (Å²) < 4.78 is 3.51. The van der Waals surface area contributed by atoms with Crippen LogP contribution in [0, 0.1) is 0 Å². The molecule has 2 rings (SSSR count). The fourth-order valence-corrected chi connectivity index (χ4v) is 1.54. The number of benzene rings is 1. The van der Waals surface area contributed by atoms with E-state index >= 15 is 0 Å². The SMILES string of the molecule is C[n+]1ccn(CC(=O)c2ccccc2)c1N.[Cl-]. The zero-order valence-electron chi connectivity index (χ0n) is 9.51. The highest BCUT2D eigenvalue weighted by Crippen LogP contribution is 2.04. The molecule has 2 aromatic rings. The molecule has 17 heavy (non-hydrogen) atoms. The molecule has 0 aliphatic heterocycles. The van der Waals surface area contributed by atoms with E-state index in [0.717, 1.165) is 0 Å². The summed E-state index contributed by atoms with van der Waals surface area (Å²) in [7, 11) is 1.85. The highest BCUT2D eigenvalue weighted by Gasteiger charge is 2.13. The van der Waals surface area contributed by atoms with E-state index in [1.54, 1.807) is 15.3 Å². The number of carbonyl (C=O) groups excluding carboxylic acids is 1. The maximum Gasteiger partial charge on any atom is 0.355 e. The Bertz CT molecular complexity index is 508. The summed E-state index contributed by atoms with van der Waals surface area (Å²) in [6.45, 7) is 0.274. The van der Waals surface area contributed by atoms with Crippen molar-refractivity contribution < 1.29 is 21.8 Å². The van der Waals surface area contributed by atoms with Gasteiger partial charge in [-0.2, -0.15) is 0 Å². The maximum atomic E-state index is 11.9. The summed E-state index contributed by atoms with van der Waals surface area (Å²) in [5.41, 5.74) is 6.51. The zero-order chi connectivity index (χ0) is 11.5. The number of aryl methyl sites for hydroxylation is 1. The second kappa shape index (κ2) is 5.50. The van der Waals surface area contributed by atoms with Gasteiger partial charge >= 0.3 is 5.95 Å². The largest absolute Gasteiger partial charge is 1.00 e. The molecule has 1 aromatic heterocycles. The second-order valence-corrected chi connectivity index (χ2v) is 3.68. The normalized spacial score (nSPS) is 9.71. The quantitative estimate of drug-likeness (QED) is 0.497. The third kappa shape index (κ3) is 2.85. The summed E-state index contributed by atoms with van der Waals surface area (Å²) in [5, 5.41) is 0. The minimum atomic E-state index is 0. The second-order valence-electron chi connectivity index (χ2n) is 3.68. The number of carbonyl (C=O) groups is 1. The van der Waals surface area contributed by atoms with Gasteiger partial charge in [-0.25, -0.2) is 9.13 Å². The van der Waals surface area contributed by atoms with Crippen LogP contribution in [0.25, 0.3) is 0 Å². The molecule has 0 aliphatic rings. The first kappa shape index (κ1) is 13.3. The number of hydrogen-bond acceptors (Lipinski definition) is 2. The number of nitrogens with two attached hydrogens (primary N) is 1. The van der Waals surface area contributed by atoms with E-state index in [4.69, 9.17) is 5.73 Å². The number of nitrogen functional groups attached to an aromatic ring is 1. The molecule has 0 fully saturated rings. The van der Waals surface area contributed by atoms with Crippen LogP contribution < -0.4 is 22.7 Å². The Morgan fingerprint density at radius 1 is 1.35 bits per heavy atom. The molecule has 90 valence electrons. The van der Waals surface area contributed by atoms with Crippen LogP contribution in [0.2, 0.25) is 0 Å². The third-order valence-electron chi connectivity index (χ3n) is 2.54. The number of Topliss-reactive ketones (excluding diaryl/α,β-unsaturated/α-hetero) is 1. The molecule has 0 atom stereocenters. The van der Waals surface area contributed by atoms with Crippen LogP contribution in [0.15, 0.2) is 42.7 Å². The van der Waals surface area contributed by atoms with Crippen LogP contribution in [-0.4, -0.2) is 10.4 Å². The number of rotatable bonds is 3. The highest BCUT2D eigenvalue weighted by molar-refractivity contribution is 5.95. The van der Waals surface area contributed by atoms with E-state index in [-0.39, 0.29) is 24.7 Å². The van der Waals surface area contributed by atoms with E-state index < -0.39 is 0 Å². The van der Waals surface area contributed by atoms with Crippen LogP contribution in [0.4, 0.5) is 5.95 Å². The van der Waals surface area contributed by atoms with E-state index in [2.05, 4.69) is 0 Å². The molecule has 0 bridgehead atoms. The average Bonchev–Trinajstić information content (AvgIpc) is 2.62. The molecule has 0 spiro atoms. The molecule has 0 saturated heterocycles. The van der Waals surface area contributed by atoms with Crippen LogP contribution in [0.5, 0.6) is 0 Å². The van der Waals surface area contributed by atoms with Crippen molar-refractivity contribution in [3.63, 3.8) is 0 Å². The van der Waals surface area contributed by atoms with Gasteiger partial charge in [0.2, 0.25) is 0 Å². The maximum absolute atomic E-state index is 11.9. The Hall–Kier alpha value is -1.81. The fraction of sp³-hybridized carbons (Fsp3) is 0.167. The van der Waals surface area contributed by atoms with Crippen molar-refractivity contribution in [2.45, 2.75) is 6.54 Å². The number of imidazole rings is 1. The van der Waals surface area contributed by atoms with Crippen LogP contribution in [0.1, 0.15) is 10.4 Å². The Balaban J connectivity index is 0.00000144. The lowest BCUT2D eigenvalue weighted by Crippen LogP contribution is -3.00. The monoisotopic (exact) mass is 251 g/mol. The fourth-order valence-electron chi connectivity index (χ4n) is 1.54. The smallest absolute Gasteiger partial charge is 0.355 e. The lowest BCUT2D eigenvalue weighted by Gasteiger charge is -2.00. The van der Waals surface area contributed by atoms with Crippen molar-refractivity contribution in [1.29, 1.82) is 0 Å². The molecule has 1 heterocycles. The van der Waals surface area contributed by atoms with Crippen molar-refractivity contribution in [2.75, 3.05) is 5.73 Å². The van der Waals surface area contributed by atoms with E-state index in [0.29, 0.717) is 11.5 Å². The topological polar surface area (TPSA) is 51.9 Å². The van der Waals surface area contributed by atoms with Gasteiger partial charge in [0.1, 0.15) is 6.54 Å². The Kier molecular flexibility index (Phi) is 4.29. The van der Waals surface area contributed by atoms with Crippen molar-refractivity contribution in [3.05, 3.63) is 48.3 Å². The van der Waals surface area contributed by atoms with Crippen molar-refractivity contribution >= 4 is 11.7 Å². The van der Waals surface area contributed by atoms with E-state index in [9.17, 15) is 4.79 Å². The van der Waals surface area contributed by atoms with Gasteiger partial charge in [0.25, 0.3) is 0 Å². The molecule has 1 aromatic carbocycles. The highest BCUT2D eigenvalue weighted by atomic mass is 35.5. The third-order valence-corrected chi connectivity index (χ3v) is 2.54. The first-order chi connectivity index (χ1) is 7.68. The van der Waals surface area contributed by atoms with Crippen LogP contribution in [0.3, 0.4) is 0 Å². The van der Waals surface area contributed by atoms with E-state index in [1.807, 2.05) is 43.6 Å². The molecule has 0 aliphatic carbocycles. The number of halogens is 1. The molecule has 0 saturated carbocycles. The minimum absolute atomic E-state index is 0. The average molecular weight is 252 g/mol. The summed E-state index contributed by atoms with van der Waals surface area (Å²) in [6, 6.07) is 9.21. The number of ketones is 1. The minimum Gasteiger partial charge on any atom is -1.00 e. The number of anilines is 1. The van der Waals surface area contributed by atoms with Gasteiger partial charge in [-0.05, 0) is 0 Å². The van der Waals surface area contributed by atoms with E-state index in [1.165, 1.54) is 0 Å². The molecule has 0 amide bonds. The van der Waals surface area contributed by atoms with Gasteiger partial charge in [-0.1, -0.05) is 30.3 Å².